The van der Waals surface area contributed by atoms with Crippen molar-refractivity contribution in [2.45, 2.75) is 30.8 Å². The summed E-state index contributed by atoms with van der Waals surface area (Å²) in [6.45, 7) is 3.62. The summed E-state index contributed by atoms with van der Waals surface area (Å²) in [6, 6.07) is 10.1. The Balaban J connectivity index is 1.34. The molecule has 1 spiro atoms. The molecular weight excluding hydrogens is 392 g/mol. The van der Waals surface area contributed by atoms with Crippen LogP contribution in [-0.2, 0) is 11.3 Å². The van der Waals surface area contributed by atoms with Crippen molar-refractivity contribution in [2.75, 3.05) is 31.9 Å². The smallest absolute Gasteiger partial charge is 0.233 e. The van der Waals surface area contributed by atoms with E-state index in [1.165, 1.54) is 11.8 Å². The lowest BCUT2D eigenvalue weighted by molar-refractivity contribution is -0.127. The van der Waals surface area contributed by atoms with Crippen LogP contribution in [0.5, 0.6) is 0 Å². The highest BCUT2D eigenvalue weighted by molar-refractivity contribution is 7.99. The van der Waals surface area contributed by atoms with Gasteiger partial charge >= 0.3 is 0 Å². The molecule has 2 aliphatic heterocycles. The molecule has 29 heavy (non-hydrogen) atoms. The first-order chi connectivity index (χ1) is 14.0. The standard InChI is InChI=1S/C22H25F2N3OS/c23-18-6-3-5-17(21(18)24)13-26-11-4-8-22(15-26)9-12-27(16-22)20(28)14-29-19-7-1-2-10-25-19/h1-3,5-7,10H,4,8-9,11-16H2/t22-/m0/s1. The monoisotopic (exact) mass is 417 g/mol. The van der Waals surface area contributed by atoms with Crippen LogP contribution in [0, 0.1) is 17.0 Å². The van der Waals surface area contributed by atoms with Crippen molar-refractivity contribution >= 4 is 17.7 Å². The van der Waals surface area contributed by atoms with Crippen LogP contribution in [0.15, 0.2) is 47.6 Å². The second-order valence-corrected chi connectivity index (χ2v) is 9.04. The van der Waals surface area contributed by atoms with Crippen LogP contribution in [-0.4, -0.2) is 52.6 Å². The summed E-state index contributed by atoms with van der Waals surface area (Å²) in [5.41, 5.74) is 0.465. The second-order valence-electron chi connectivity index (χ2n) is 8.05. The summed E-state index contributed by atoms with van der Waals surface area (Å²) in [6.07, 6.45) is 4.79. The van der Waals surface area contributed by atoms with Gasteiger partial charge in [0.25, 0.3) is 0 Å². The second kappa shape index (κ2) is 8.79. The number of benzene rings is 1. The Morgan fingerprint density at radius 3 is 2.83 bits per heavy atom. The van der Waals surface area contributed by atoms with E-state index in [0.29, 0.717) is 17.9 Å². The minimum absolute atomic E-state index is 0.0629. The minimum atomic E-state index is -0.794. The molecule has 7 heteroatoms. The molecule has 154 valence electrons. The zero-order valence-electron chi connectivity index (χ0n) is 16.3. The topological polar surface area (TPSA) is 36.4 Å². The molecule has 1 amide bonds. The van der Waals surface area contributed by atoms with Crippen LogP contribution < -0.4 is 0 Å². The number of nitrogens with zero attached hydrogens (tertiary/aromatic N) is 3. The number of rotatable bonds is 5. The van der Waals surface area contributed by atoms with Crippen LogP contribution >= 0.6 is 11.8 Å². The average Bonchev–Trinajstić information content (AvgIpc) is 3.13. The van der Waals surface area contributed by atoms with Crippen molar-refractivity contribution in [3.05, 3.63) is 59.8 Å². The highest BCUT2D eigenvalue weighted by Crippen LogP contribution is 2.39. The molecule has 2 aromatic rings. The Bertz CT molecular complexity index is 866. The molecule has 2 saturated heterocycles. The maximum absolute atomic E-state index is 14.1. The van der Waals surface area contributed by atoms with E-state index in [-0.39, 0.29) is 11.3 Å². The summed E-state index contributed by atoms with van der Waals surface area (Å²) in [7, 11) is 0. The van der Waals surface area contributed by atoms with Crippen molar-refractivity contribution in [2.24, 2.45) is 5.41 Å². The average molecular weight is 418 g/mol. The van der Waals surface area contributed by atoms with Crippen LogP contribution in [0.1, 0.15) is 24.8 Å². The third-order valence-electron chi connectivity index (χ3n) is 5.94. The Kier molecular flexibility index (Phi) is 6.15. The molecule has 0 saturated carbocycles. The van der Waals surface area contributed by atoms with Gasteiger partial charge in [-0.2, -0.15) is 0 Å². The number of pyridine rings is 1. The number of hydrogen-bond acceptors (Lipinski definition) is 4. The highest BCUT2D eigenvalue weighted by Gasteiger charge is 2.42. The fourth-order valence-electron chi connectivity index (χ4n) is 4.50. The summed E-state index contributed by atoms with van der Waals surface area (Å²) in [4.78, 5) is 21.1. The number of aromatic nitrogens is 1. The minimum Gasteiger partial charge on any atom is -0.341 e. The first kappa shape index (κ1) is 20.3. The van der Waals surface area contributed by atoms with Gasteiger partial charge in [-0.15, -0.1) is 0 Å². The molecule has 2 aliphatic rings. The number of hydrogen-bond donors (Lipinski definition) is 0. The predicted molar refractivity (Wildman–Crippen MR) is 109 cm³/mol. The summed E-state index contributed by atoms with van der Waals surface area (Å²) in [5, 5.41) is 0.857. The first-order valence-corrected chi connectivity index (χ1v) is 11.0. The molecule has 3 heterocycles. The van der Waals surface area contributed by atoms with Gasteiger partial charge in [0.1, 0.15) is 0 Å². The molecule has 4 nitrogen and oxygen atoms in total. The summed E-state index contributed by atoms with van der Waals surface area (Å²) >= 11 is 1.47. The van der Waals surface area contributed by atoms with Crippen LogP contribution in [0.25, 0.3) is 0 Å². The third kappa shape index (κ3) is 4.78. The Morgan fingerprint density at radius 2 is 2.00 bits per heavy atom. The van der Waals surface area contributed by atoms with Gasteiger partial charge < -0.3 is 4.90 Å². The quantitative estimate of drug-likeness (QED) is 0.690. The number of piperidine rings is 1. The third-order valence-corrected chi connectivity index (χ3v) is 6.87. The van der Waals surface area contributed by atoms with Crippen molar-refractivity contribution in [1.82, 2.24) is 14.8 Å². The van der Waals surface area contributed by atoms with Crippen molar-refractivity contribution in [3.63, 3.8) is 0 Å². The Labute approximate surface area is 174 Å². The van der Waals surface area contributed by atoms with E-state index in [1.54, 1.807) is 18.3 Å². The predicted octanol–water partition coefficient (Wildman–Crippen LogP) is 3.97. The molecule has 1 atom stereocenters. The van der Waals surface area contributed by atoms with E-state index < -0.39 is 11.6 Å². The lowest BCUT2D eigenvalue weighted by atomic mass is 9.79. The normalized spacial score (nSPS) is 22.3. The maximum Gasteiger partial charge on any atom is 0.233 e. The molecule has 0 bridgehead atoms. The van der Waals surface area contributed by atoms with E-state index in [2.05, 4.69) is 9.88 Å². The van der Waals surface area contributed by atoms with Gasteiger partial charge in [0.15, 0.2) is 11.6 Å². The summed E-state index contributed by atoms with van der Waals surface area (Å²) < 4.78 is 27.6. The van der Waals surface area contributed by atoms with Crippen LogP contribution in [0.2, 0.25) is 0 Å². The molecule has 1 aromatic carbocycles. The van der Waals surface area contributed by atoms with Gasteiger partial charge in [0.2, 0.25) is 5.91 Å². The number of thioether (sulfide) groups is 1. The Morgan fingerprint density at radius 1 is 1.10 bits per heavy atom. The fraction of sp³-hybridized carbons (Fsp3) is 0.455. The lowest BCUT2D eigenvalue weighted by Crippen LogP contribution is -2.45. The van der Waals surface area contributed by atoms with Crippen LogP contribution in [0.4, 0.5) is 8.78 Å². The van der Waals surface area contributed by atoms with Crippen molar-refractivity contribution in [3.8, 4) is 0 Å². The van der Waals surface area contributed by atoms with Gasteiger partial charge in [-0.3, -0.25) is 9.69 Å². The largest absolute Gasteiger partial charge is 0.341 e. The van der Waals surface area contributed by atoms with Gasteiger partial charge in [-0.1, -0.05) is 30.0 Å². The maximum atomic E-state index is 14.1. The molecule has 0 unspecified atom stereocenters. The molecule has 2 fully saturated rings. The van der Waals surface area contributed by atoms with Gasteiger partial charge in [-0.25, -0.2) is 13.8 Å². The van der Waals surface area contributed by atoms with Gasteiger partial charge in [0.05, 0.1) is 10.8 Å². The number of likely N-dealkylation sites (tertiary alicyclic amines) is 2. The zero-order chi connectivity index (χ0) is 20.3. The number of carbonyl (C=O) groups is 1. The first-order valence-electron chi connectivity index (χ1n) is 10.0. The van der Waals surface area contributed by atoms with E-state index in [0.717, 1.165) is 56.5 Å². The molecule has 1 aromatic heterocycles. The van der Waals surface area contributed by atoms with Crippen molar-refractivity contribution in [1.29, 1.82) is 0 Å². The van der Waals surface area contributed by atoms with Crippen LogP contribution in [0.3, 0.4) is 0 Å². The Hall–Kier alpha value is -1.99. The van der Waals surface area contributed by atoms with E-state index in [1.807, 2.05) is 23.1 Å². The molecular formula is C22H25F2N3OS. The fourth-order valence-corrected chi connectivity index (χ4v) is 5.26. The zero-order valence-corrected chi connectivity index (χ0v) is 17.1. The number of amides is 1. The summed E-state index contributed by atoms with van der Waals surface area (Å²) in [5.74, 6) is -1.00. The van der Waals surface area contributed by atoms with Gasteiger partial charge in [-0.05, 0) is 44.0 Å². The molecule has 0 aliphatic carbocycles. The highest BCUT2D eigenvalue weighted by atomic mass is 32.2. The number of carbonyl (C=O) groups excluding carboxylic acids is 1. The van der Waals surface area contributed by atoms with E-state index in [4.69, 9.17) is 0 Å². The van der Waals surface area contributed by atoms with Gasteiger partial charge in [0, 0.05) is 43.4 Å². The van der Waals surface area contributed by atoms with E-state index in [9.17, 15) is 13.6 Å². The molecule has 0 radical (unpaired) electrons. The lowest BCUT2D eigenvalue weighted by Gasteiger charge is -2.40. The number of halogens is 2. The molecule has 4 rings (SSSR count). The van der Waals surface area contributed by atoms with Crippen molar-refractivity contribution < 1.29 is 13.6 Å². The SMILES string of the molecule is O=C(CSc1ccccn1)N1CC[C@]2(CCCN(Cc3cccc(F)c3F)C2)C1. The van der Waals surface area contributed by atoms with E-state index >= 15 is 0 Å². The molecule has 0 N–H and O–H groups in total.